The second-order valence-electron chi connectivity index (χ2n) is 7.44. The highest BCUT2D eigenvalue weighted by Gasteiger charge is 2.17. The highest BCUT2D eigenvalue weighted by Crippen LogP contribution is 2.27. The van der Waals surface area contributed by atoms with Crippen LogP contribution in [0.1, 0.15) is 20.8 Å². The number of carbonyl (C=O) groups excluding carboxylic acids is 2. The number of aromatic nitrogens is 3. The Labute approximate surface area is 202 Å². The number of pyridine rings is 1. The molecular weight excluding hydrogens is 468 g/mol. The Morgan fingerprint density at radius 3 is 2.63 bits per heavy atom. The quantitative estimate of drug-likeness (QED) is 0.296. The summed E-state index contributed by atoms with van der Waals surface area (Å²) in [6, 6.07) is 15.9. The molecule has 0 fully saturated rings. The second kappa shape index (κ2) is 9.27. The van der Waals surface area contributed by atoms with Gasteiger partial charge in [-0.3, -0.25) is 14.9 Å². The van der Waals surface area contributed by atoms with Gasteiger partial charge in [0.15, 0.2) is 5.13 Å². The van der Waals surface area contributed by atoms with Crippen molar-refractivity contribution in [2.24, 2.45) is 0 Å². The number of aromatic amines is 2. The van der Waals surface area contributed by atoms with Gasteiger partial charge in [0.25, 0.3) is 5.91 Å². The lowest BCUT2D eigenvalue weighted by Crippen LogP contribution is -2.21. The molecule has 0 saturated heterocycles. The summed E-state index contributed by atoms with van der Waals surface area (Å²) in [5, 5.41) is 5.04. The van der Waals surface area contributed by atoms with Crippen LogP contribution >= 0.6 is 11.3 Å². The van der Waals surface area contributed by atoms with Gasteiger partial charge in [0.2, 0.25) is 5.43 Å². The number of amides is 1. The van der Waals surface area contributed by atoms with Gasteiger partial charge < -0.3 is 19.4 Å². The van der Waals surface area contributed by atoms with Crippen molar-refractivity contribution >= 4 is 39.2 Å². The Kier molecular flexibility index (Phi) is 5.86. The van der Waals surface area contributed by atoms with Gasteiger partial charge in [-0.15, -0.1) is 11.3 Å². The smallest absolute Gasteiger partial charge is 0.354 e. The molecule has 0 radical (unpaired) electrons. The molecule has 0 spiro atoms. The number of methoxy groups -OCH3 is 1. The molecule has 0 saturated carbocycles. The third kappa shape index (κ3) is 4.55. The summed E-state index contributed by atoms with van der Waals surface area (Å²) in [6.07, 6.45) is 3.00. The lowest BCUT2D eigenvalue weighted by atomic mass is 10.1. The maximum atomic E-state index is 13.1. The van der Waals surface area contributed by atoms with Crippen LogP contribution in [0.15, 0.2) is 77.2 Å². The minimum absolute atomic E-state index is 0.0549. The van der Waals surface area contributed by atoms with E-state index in [2.05, 4.69) is 25.0 Å². The largest absolute Gasteiger partial charge is 0.464 e. The second-order valence-corrected chi connectivity index (χ2v) is 8.30. The van der Waals surface area contributed by atoms with Crippen LogP contribution in [0.3, 0.4) is 0 Å². The number of anilines is 1. The first kappa shape index (κ1) is 22.1. The summed E-state index contributed by atoms with van der Waals surface area (Å²) in [5.41, 5.74) is 1.61. The molecule has 9 nitrogen and oxygen atoms in total. The van der Waals surface area contributed by atoms with Crippen LogP contribution < -0.4 is 15.5 Å². The van der Waals surface area contributed by atoms with Gasteiger partial charge in [0.05, 0.1) is 12.8 Å². The molecule has 5 aromatic rings. The Morgan fingerprint density at radius 2 is 1.83 bits per heavy atom. The summed E-state index contributed by atoms with van der Waals surface area (Å²) >= 11 is 1.20. The fourth-order valence-electron chi connectivity index (χ4n) is 3.45. The summed E-state index contributed by atoms with van der Waals surface area (Å²) in [5.74, 6) is 0.0349. The van der Waals surface area contributed by atoms with E-state index in [9.17, 15) is 14.4 Å². The zero-order chi connectivity index (χ0) is 24.4. The lowest BCUT2D eigenvalue weighted by molar-refractivity contribution is 0.0594. The number of benzene rings is 2. The van der Waals surface area contributed by atoms with Crippen molar-refractivity contribution in [3.8, 4) is 22.8 Å². The number of nitrogens with one attached hydrogen (secondary N) is 3. The first-order valence-electron chi connectivity index (χ1n) is 10.4. The zero-order valence-electron chi connectivity index (χ0n) is 18.3. The first-order chi connectivity index (χ1) is 17.0. The van der Waals surface area contributed by atoms with Crippen molar-refractivity contribution in [3.05, 3.63) is 93.9 Å². The van der Waals surface area contributed by atoms with E-state index in [-0.39, 0.29) is 5.56 Å². The molecule has 0 atom stereocenters. The third-order valence-electron chi connectivity index (χ3n) is 5.18. The first-order valence-corrected chi connectivity index (χ1v) is 11.3. The number of rotatable bonds is 6. The van der Waals surface area contributed by atoms with Crippen LogP contribution in [0.25, 0.3) is 22.2 Å². The number of carbonyl (C=O) groups is 2. The van der Waals surface area contributed by atoms with Crippen molar-refractivity contribution in [1.82, 2.24) is 15.0 Å². The molecule has 0 aliphatic heterocycles. The van der Waals surface area contributed by atoms with Crippen molar-refractivity contribution in [1.29, 1.82) is 0 Å². The molecule has 3 heterocycles. The molecule has 10 heteroatoms. The number of thiazole rings is 1. The predicted molar refractivity (Wildman–Crippen MR) is 132 cm³/mol. The molecule has 1 amide bonds. The molecule has 0 bridgehead atoms. The average molecular weight is 487 g/mol. The van der Waals surface area contributed by atoms with Crippen LogP contribution in [-0.2, 0) is 4.74 Å². The number of hydrogen-bond donors (Lipinski definition) is 3. The summed E-state index contributed by atoms with van der Waals surface area (Å²) in [6.45, 7) is 0. The van der Waals surface area contributed by atoms with Gasteiger partial charge in [0.1, 0.15) is 22.8 Å². The number of nitrogens with zero attached hydrogens (tertiary/aromatic N) is 1. The zero-order valence-corrected chi connectivity index (χ0v) is 19.1. The monoisotopic (exact) mass is 486 g/mol. The molecule has 3 N–H and O–H groups in total. The Bertz CT molecular complexity index is 1600. The van der Waals surface area contributed by atoms with E-state index in [0.29, 0.717) is 44.5 Å². The van der Waals surface area contributed by atoms with Gasteiger partial charge in [-0.2, -0.15) is 0 Å². The lowest BCUT2D eigenvalue weighted by Gasteiger charge is -2.08. The van der Waals surface area contributed by atoms with E-state index in [1.807, 2.05) is 30.3 Å². The number of para-hydroxylation sites is 1. The van der Waals surface area contributed by atoms with E-state index in [4.69, 9.17) is 4.74 Å². The fourth-order valence-corrected chi connectivity index (χ4v) is 4.17. The topological polar surface area (TPSA) is 126 Å². The molecule has 3 aromatic heterocycles. The highest BCUT2D eigenvalue weighted by atomic mass is 32.1. The Balaban J connectivity index is 1.37. The normalized spacial score (nSPS) is 10.8. The summed E-state index contributed by atoms with van der Waals surface area (Å²) < 4.78 is 10.5. The van der Waals surface area contributed by atoms with Gasteiger partial charge in [-0.25, -0.2) is 9.78 Å². The molecule has 0 unspecified atom stereocenters. The Morgan fingerprint density at radius 1 is 1.00 bits per heavy atom. The maximum absolute atomic E-state index is 13.1. The number of fused-ring (bicyclic) bond motifs is 1. The summed E-state index contributed by atoms with van der Waals surface area (Å²) in [4.78, 5) is 47.8. The van der Waals surface area contributed by atoms with E-state index in [0.717, 1.165) is 0 Å². The predicted octanol–water partition coefficient (Wildman–Crippen LogP) is 4.81. The highest BCUT2D eigenvalue weighted by molar-refractivity contribution is 7.14. The maximum Gasteiger partial charge on any atom is 0.354 e. The Hall–Kier alpha value is -4.70. The van der Waals surface area contributed by atoms with E-state index < -0.39 is 17.3 Å². The average Bonchev–Trinajstić information content (AvgIpc) is 3.55. The van der Waals surface area contributed by atoms with Crippen LogP contribution in [-0.4, -0.2) is 33.9 Å². The SMILES string of the molecule is COC(=O)c1cc(-c2csc(NC(=O)c3c[nH]c4ccc(Oc5ccccc5)cc4c3=O)n2)c[nH]1. The minimum Gasteiger partial charge on any atom is -0.464 e. The van der Waals surface area contributed by atoms with E-state index >= 15 is 0 Å². The van der Waals surface area contributed by atoms with Crippen LogP contribution in [0, 0.1) is 0 Å². The molecule has 0 aliphatic carbocycles. The third-order valence-corrected chi connectivity index (χ3v) is 5.94. The minimum atomic E-state index is -0.590. The van der Waals surface area contributed by atoms with Gasteiger partial charge >= 0.3 is 5.97 Å². The standard InChI is InChI=1S/C25H18N4O5S/c1-33-24(32)20-9-14(11-26-20)21-13-35-25(28-21)29-23(31)18-12-27-19-8-7-16(10-17(19)22(18)30)34-15-5-3-2-4-6-15/h2-13,26H,1H3,(H,27,30)(H,28,29,31). The number of ether oxygens (including phenoxy) is 2. The molecule has 174 valence electrons. The number of H-pyrrole nitrogens is 2. The van der Waals surface area contributed by atoms with Crippen molar-refractivity contribution in [3.63, 3.8) is 0 Å². The number of hydrogen-bond acceptors (Lipinski definition) is 7. The fraction of sp³-hybridized carbons (Fsp3) is 0.0400. The van der Waals surface area contributed by atoms with Crippen molar-refractivity contribution < 1.29 is 19.1 Å². The van der Waals surface area contributed by atoms with Crippen LogP contribution in [0.5, 0.6) is 11.5 Å². The number of esters is 1. The molecule has 0 aliphatic rings. The van der Waals surface area contributed by atoms with Crippen LogP contribution in [0.2, 0.25) is 0 Å². The van der Waals surface area contributed by atoms with Gasteiger partial charge in [0, 0.05) is 34.2 Å². The van der Waals surface area contributed by atoms with Crippen molar-refractivity contribution in [2.75, 3.05) is 12.4 Å². The molecule has 35 heavy (non-hydrogen) atoms. The van der Waals surface area contributed by atoms with Crippen LogP contribution in [0.4, 0.5) is 5.13 Å². The summed E-state index contributed by atoms with van der Waals surface area (Å²) in [7, 11) is 1.30. The van der Waals surface area contributed by atoms with E-state index in [1.165, 1.54) is 24.6 Å². The molecule has 2 aromatic carbocycles. The van der Waals surface area contributed by atoms with Crippen molar-refractivity contribution in [2.45, 2.75) is 0 Å². The van der Waals surface area contributed by atoms with Gasteiger partial charge in [-0.05, 0) is 36.4 Å². The van der Waals surface area contributed by atoms with E-state index in [1.54, 1.807) is 35.8 Å². The van der Waals surface area contributed by atoms with Gasteiger partial charge in [-0.1, -0.05) is 18.2 Å². The molecule has 5 rings (SSSR count). The molecular formula is C25H18N4O5S.